The summed E-state index contributed by atoms with van der Waals surface area (Å²) in [6.07, 6.45) is 3.77. The summed E-state index contributed by atoms with van der Waals surface area (Å²) in [6, 6.07) is 18.9. The minimum atomic E-state index is -0.369. The zero-order chi connectivity index (χ0) is 19.5. The molecule has 4 aromatic rings. The average molecular weight is 370 g/mol. The Morgan fingerprint density at radius 3 is 2.25 bits per heavy atom. The van der Waals surface area contributed by atoms with Crippen molar-refractivity contribution < 1.29 is 9.31 Å². The molecule has 2 aromatic heterocycles. The minimum absolute atomic E-state index is 0.353. The summed E-state index contributed by atoms with van der Waals surface area (Å²) in [6.45, 7) is 8.33. The standard InChI is InChI=1S/C23H23BN2O2/c1-22(2)23(3,4)28-24(27-22)16-10-11-20-19(14-16)18-12-13-25-15-21(18)26(20)17-8-6-5-7-9-17/h5-15H,1-4H3. The SMILES string of the molecule is CC1(C)OB(c2ccc3c(c2)c2ccncc2n3-c2ccccc2)OC1(C)C. The maximum Gasteiger partial charge on any atom is 0.494 e. The van der Waals surface area contributed by atoms with Crippen molar-refractivity contribution in [3.63, 3.8) is 0 Å². The number of para-hydroxylation sites is 1. The van der Waals surface area contributed by atoms with Crippen LogP contribution < -0.4 is 5.46 Å². The van der Waals surface area contributed by atoms with E-state index in [9.17, 15) is 0 Å². The van der Waals surface area contributed by atoms with E-state index in [1.54, 1.807) is 0 Å². The van der Waals surface area contributed by atoms with E-state index in [4.69, 9.17) is 9.31 Å². The highest BCUT2D eigenvalue weighted by atomic mass is 16.7. The fourth-order valence-electron chi connectivity index (χ4n) is 3.87. The van der Waals surface area contributed by atoms with E-state index in [1.165, 1.54) is 10.8 Å². The van der Waals surface area contributed by atoms with Crippen LogP contribution in [-0.2, 0) is 9.31 Å². The third-order valence-electron chi connectivity index (χ3n) is 6.13. The van der Waals surface area contributed by atoms with Gasteiger partial charge in [-0.3, -0.25) is 4.98 Å². The predicted molar refractivity (Wildman–Crippen MR) is 114 cm³/mol. The molecule has 2 aromatic carbocycles. The highest BCUT2D eigenvalue weighted by Gasteiger charge is 2.51. The summed E-state index contributed by atoms with van der Waals surface area (Å²) in [5.74, 6) is 0. The van der Waals surface area contributed by atoms with Crippen LogP contribution >= 0.6 is 0 Å². The number of rotatable bonds is 2. The van der Waals surface area contributed by atoms with Gasteiger partial charge in [-0.25, -0.2) is 0 Å². The van der Waals surface area contributed by atoms with Crippen LogP contribution in [-0.4, -0.2) is 27.9 Å². The molecule has 3 heterocycles. The third-order valence-corrected chi connectivity index (χ3v) is 6.13. The number of hydrogen-bond acceptors (Lipinski definition) is 3. The smallest absolute Gasteiger partial charge is 0.399 e. The van der Waals surface area contributed by atoms with Gasteiger partial charge in [0.2, 0.25) is 0 Å². The molecule has 5 rings (SSSR count). The average Bonchev–Trinajstić information content (AvgIpc) is 3.12. The fourth-order valence-corrected chi connectivity index (χ4v) is 3.87. The number of pyridine rings is 1. The van der Waals surface area contributed by atoms with E-state index >= 15 is 0 Å². The Morgan fingerprint density at radius 2 is 1.54 bits per heavy atom. The van der Waals surface area contributed by atoms with Crippen molar-refractivity contribution in [3.8, 4) is 5.69 Å². The highest BCUT2D eigenvalue weighted by Crippen LogP contribution is 2.37. The van der Waals surface area contributed by atoms with Gasteiger partial charge in [0.15, 0.2) is 0 Å². The van der Waals surface area contributed by atoms with Crippen LogP contribution in [0.25, 0.3) is 27.5 Å². The minimum Gasteiger partial charge on any atom is -0.399 e. The zero-order valence-corrected chi connectivity index (χ0v) is 16.6. The van der Waals surface area contributed by atoms with Gasteiger partial charge in [-0.05, 0) is 57.4 Å². The first-order valence-corrected chi connectivity index (χ1v) is 9.66. The molecule has 0 radical (unpaired) electrons. The fraction of sp³-hybridized carbons (Fsp3) is 0.261. The molecule has 5 heteroatoms. The van der Waals surface area contributed by atoms with Crippen LogP contribution in [0.2, 0.25) is 0 Å². The summed E-state index contributed by atoms with van der Waals surface area (Å²) in [7, 11) is -0.369. The van der Waals surface area contributed by atoms with Crippen LogP contribution in [0.5, 0.6) is 0 Å². The summed E-state index contributed by atoms with van der Waals surface area (Å²) < 4.78 is 14.8. The van der Waals surface area contributed by atoms with Crippen LogP contribution in [0.15, 0.2) is 67.0 Å². The second-order valence-corrected chi connectivity index (χ2v) is 8.43. The first kappa shape index (κ1) is 17.5. The maximum atomic E-state index is 6.26. The lowest BCUT2D eigenvalue weighted by Crippen LogP contribution is -2.41. The van der Waals surface area contributed by atoms with Crippen LogP contribution in [0.1, 0.15) is 27.7 Å². The van der Waals surface area contributed by atoms with Crippen molar-refractivity contribution in [2.75, 3.05) is 0 Å². The van der Waals surface area contributed by atoms with Crippen LogP contribution in [0.4, 0.5) is 0 Å². The predicted octanol–water partition coefficient (Wildman–Crippen LogP) is 4.48. The Bertz CT molecular complexity index is 1170. The first-order valence-electron chi connectivity index (χ1n) is 9.66. The van der Waals surface area contributed by atoms with Gasteiger partial charge in [0.25, 0.3) is 0 Å². The molecule has 1 aliphatic heterocycles. The molecule has 1 saturated heterocycles. The van der Waals surface area contributed by atoms with Gasteiger partial charge in [-0.15, -0.1) is 0 Å². The summed E-state index contributed by atoms with van der Waals surface area (Å²) in [5.41, 5.74) is 3.70. The normalized spacial score (nSPS) is 18.2. The Kier molecular flexibility index (Phi) is 3.70. The highest BCUT2D eigenvalue weighted by molar-refractivity contribution is 6.62. The van der Waals surface area contributed by atoms with E-state index in [2.05, 4.69) is 85.8 Å². The van der Waals surface area contributed by atoms with Gasteiger partial charge in [0, 0.05) is 22.7 Å². The number of nitrogens with zero attached hydrogens (tertiary/aromatic N) is 2. The van der Waals surface area contributed by atoms with Crippen molar-refractivity contribution in [1.29, 1.82) is 0 Å². The van der Waals surface area contributed by atoms with Crippen molar-refractivity contribution in [1.82, 2.24) is 9.55 Å². The maximum absolute atomic E-state index is 6.26. The lowest BCUT2D eigenvalue weighted by Gasteiger charge is -2.32. The Hall–Kier alpha value is -2.63. The first-order chi connectivity index (χ1) is 13.4. The van der Waals surface area contributed by atoms with Gasteiger partial charge in [-0.2, -0.15) is 0 Å². The van der Waals surface area contributed by atoms with E-state index in [-0.39, 0.29) is 18.3 Å². The largest absolute Gasteiger partial charge is 0.494 e. The Balaban J connectivity index is 1.71. The van der Waals surface area contributed by atoms with Gasteiger partial charge >= 0.3 is 7.12 Å². The van der Waals surface area contributed by atoms with Crippen molar-refractivity contribution in [2.45, 2.75) is 38.9 Å². The lowest BCUT2D eigenvalue weighted by molar-refractivity contribution is 0.00578. The second kappa shape index (κ2) is 5.93. The van der Waals surface area contributed by atoms with Gasteiger partial charge in [-0.1, -0.05) is 30.3 Å². The van der Waals surface area contributed by atoms with Crippen molar-refractivity contribution in [2.24, 2.45) is 0 Å². The molecule has 0 saturated carbocycles. The monoisotopic (exact) mass is 370 g/mol. The summed E-state index contributed by atoms with van der Waals surface area (Å²) >= 11 is 0. The molecule has 4 nitrogen and oxygen atoms in total. The number of fused-ring (bicyclic) bond motifs is 3. The molecule has 0 unspecified atom stereocenters. The molecule has 0 amide bonds. The quantitative estimate of drug-likeness (QED) is 0.488. The van der Waals surface area contributed by atoms with Crippen molar-refractivity contribution >= 4 is 34.4 Å². The molecular weight excluding hydrogens is 347 g/mol. The lowest BCUT2D eigenvalue weighted by atomic mass is 9.78. The van der Waals surface area contributed by atoms with Gasteiger partial charge < -0.3 is 13.9 Å². The molecular formula is C23H23BN2O2. The Morgan fingerprint density at radius 1 is 0.821 bits per heavy atom. The summed E-state index contributed by atoms with van der Waals surface area (Å²) in [4.78, 5) is 4.36. The molecule has 0 N–H and O–H groups in total. The summed E-state index contributed by atoms with van der Waals surface area (Å²) in [5, 5.41) is 2.35. The van der Waals surface area contributed by atoms with Crippen molar-refractivity contribution in [3.05, 3.63) is 67.0 Å². The van der Waals surface area contributed by atoms with Crippen LogP contribution in [0, 0.1) is 0 Å². The van der Waals surface area contributed by atoms with E-state index in [1.807, 2.05) is 18.5 Å². The van der Waals surface area contributed by atoms with Crippen LogP contribution in [0.3, 0.4) is 0 Å². The second-order valence-electron chi connectivity index (χ2n) is 8.43. The number of hydrogen-bond donors (Lipinski definition) is 0. The molecule has 28 heavy (non-hydrogen) atoms. The number of aromatic nitrogens is 2. The van der Waals surface area contributed by atoms with Gasteiger partial charge in [0.05, 0.1) is 28.4 Å². The van der Waals surface area contributed by atoms with E-state index < -0.39 is 0 Å². The van der Waals surface area contributed by atoms with Gasteiger partial charge in [0.1, 0.15) is 0 Å². The zero-order valence-electron chi connectivity index (χ0n) is 16.6. The van der Waals surface area contributed by atoms with E-state index in [0.29, 0.717) is 0 Å². The number of benzene rings is 2. The molecule has 0 atom stereocenters. The molecule has 1 fully saturated rings. The molecule has 0 aliphatic carbocycles. The molecule has 140 valence electrons. The topological polar surface area (TPSA) is 36.3 Å². The Labute approximate surface area is 165 Å². The molecule has 0 bridgehead atoms. The van der Waals surface area contributed by atoms with E-state index in [0.717, 1.165) is 22.2 Å². The molecule has 1 aliphatic rings. The third kappa shape index (κ3) is 2.50. The molecule has 0 spiro atoms.